The Morgan fingerprint density at radius 2 is 2.20 bits per heavy atom. The summed E-state index contributed by atoms with van der Waals surface area (Å²) in [6, 6.07) is 7.66. The number of rotatable bonds is 1. The molecule has 0 heterocycles. The molecule has 1 rings (SSSR count). The van der Waals surface area contributed by atoms with Gasteiger partial charge in [-0.1, -0.05) is 16.8 Å². The number of hydrogen-bond donors (Lipinski definition) is 0. The summed E-state index contributed by atoms with van der Waals surface area (Å²) in [7, 11) is 0. The summed E-state index contributed by atoms with van der Waals surface area (Å²) >= 11 is 5.05. The molecule has 1 aromatic rings. The van der Waals surface area contributed by atoms with E-state index < -0.39 is 0 Å². The van der Waals surface area contributed by atoms with Crippen molar-refractivity contribution in [3.05, 3.63) is 29.8 Å². The molecule has 0 aliphatic rings. The van der Waals surface area contributed by atoms with Gasteiger partial charge >= 0.3 is 0 Å². The van der Waals surface area contributed by atoms with Crippen molar-refractivity contribution in [2.45, 2.75) is 6.92 Å². The summed E-state index contributed by atoms with van der Waals surface area (Å²) in [5.41, 5.74) is 1.94. The molecule has 0 amide bonds. The van der Waals surface area contributed by atoms with Crippen LogP contribution in [0.5, 0.6) is 0 Å². The average Bonchev–Trinajstić information content (AvgIpc) is 1.88. The molecule has 0 fully saturated rings. The lowest BCUT2D eigenvalue weighted by atomic mass is 10.2. The van der Waals surface area contributed by atoms with Crippen LogP contribution in [0.15, 0.2) is 34.0 Å². The number of halogens is 1. The van der Waals surface area contributed by atoms with Gasteiger partial charge in [0.2, 0.25) is 0 Å². The second-order valence-corrected chi connectivity index (χ2v) is 2.17. The van der Waals surface area contributed by atoms with Gasteiger partial charge in [0.25, 0.3) is 0 Å². The lowest BCUT2D eigenvalue weighted by Gasteiger charge is -1.90. The van der Waals surface area contributed by atoms with Gasteiger partial charge in [0.15, 0.2) is 0 Å². The number of aryl methyl sites for hydroxylation is 1. The standard InChI is InChI=1S/C7H7ClN2/c1-6-3-2-4-7(5-6)9-10-8/h2-5H,1H3. The zero-order valence-electron chi connectivity index (χ0n) is 5.58. The number of nitrogens with zero attached hydrogens (tertiary/aromatic N) is 2. The van der Waals surface area contributed by atoms with E-state index in [4.69, 9.17) is 11.8 Å². The van der Waals surface area contributed by atoms with Gasteiger partial charge in [0, 0.05) is 0 Å². The van der Waals surface area contributed by atoms with Gasteiger partial charge in [-0.2, -0.15) is 0 Å². The molecule has 0 radical (unpaired) electrons. The summed E-state index contributed by atoms with van der Waals surface area (Å²) in [6.07, 6.45) is 0. The van der Waals surface area contributed by atoms with Gasteiger partial charge < -0.3 is 0 Å². The third-order valence-electron chi connectivity index (χ3n) is 1.15. The van der Waals surface area contributed by atoms with Gasteiger partial charge in [0.1, 0.15) is 0 Å². The fourth-order valence-corrected chi connectivity index (χ4v) is 0.821. The van der Waals surface area contributed by atoms with E-state index >= 15 is 0 Å². The number of benzene rings is 1. The first-order chi connectivity index (χ1) is 4.83. The highest BCUT2D eigenvalue weighted by Crippen LogP contribution is 2.13. The fourth-order valence-electron chi connectivity index (χ4n) is 0.734. The molecule has 0 saturated carbocycles. The topological polar surface area (TPSA) is 24.7 Å². The molecule has 0 saturated heterocycles. The van der Waals surface area contributed by atoms with Gasteiger partial charge in [-0.15, -0.1) is 5.11 Å². The van der Waals surface area contributed by atoms with E-state index in [1.807, 2.05) is 31.2 Å². The van der Waals surface area contributed by atoms with E-state index in [0.717, 1.165) is 11.3 Å². The second kappa shape index (κ2) is 3.32. The first kappa shape index (κ1) is 7.22. The third kappa shape index (κ3) is 1.81. The Labute approximate surface area is 64.7 Å². The van der Waals surface area contributed by atoms with Crippen LogP contribution < -0.4 is 0 Å². The maximum Gasteiger partial charge on any atom is 0.0870 e. The molecule has 52 valence electrons. The highest BCUT2D eigenvalue weighted by Gasteiger charge is 1.86. The molecule has 0 spiro atoms. The molecule has 0 aliphatic heterocycles. The van der Waals surface area contributed by atoms with E-state index in [1.54, 1.807) is 0 Å². The summed E-state index contributed by atoms with van der Waals surface area (Å²) < 4.78 is 3.14. The molecular formula is C7H7ClN2. The minimum Gasteiger partial charge on any atom is -0.138 e. The van der Waals surface area contributed by atoms with Crippen LogP contribution in [0.3, 0.4) is 0 Å². The van der Waals surface area contributed by atoms with Gasteiger partial charge in [-0.3, -0.25) is 0 Å². The maximum absolute atomic E-state index is 5.05. The Bertz CT molecular complexity index is 245. The molecule has 0 aromatic heterocycles. The second-order valence-electron chi connectivity index (χ2n) is 2.01. The molecule has 0 aliphatic carbocycles. The molecular weight excluding hydrogens is 148 g/mol. The van der Waals surface area contributed by atoms with E-state index in [2.05, 4.69) is 9.75 Å². The largest absolute Gasteiger partial charge is 0.138 e. The van der Waals surface area contributed by atoms with Crippen LogP contribution >= 0.6 is 11.8 Å². The normalized spacial score (nSPS) is 10.6. The van der Waals surface area contributed by atoms with Crippen molar-refractivity contribution < 1.29 is 0 Å². The van der Waals surface area contributed by atoms with Crippen LogP contribution in [-0.4, -0.2) is 0 Å². The van der Waals surface area contributed by atoms with Crippen LogP contribution in [0, 0.1) is 6.92 Å². The lowest BCUT2D eigenvalue weighted by molar-refractivity contribution is 1.31. The first-order valence-electron chi connectivity index (χ1n) is 2.91. The SMILES string of the molecule is Cc1cccc(N=NCl)c1. The van der Waals surface area contributed by atoms with Crippen molar-refractivity contribution in [3.63, 3.8) is 0 Å². The minimum atomic E-state index is 0.787. The zero-order chi connectivity index (χ0) is 7.40. The average molecular weight is 155 g/mol. The molecule has 0 bridgehead atoms. The molecule has 10 heavy (non-hydrogen) atoms. The van der Waals surface area contributed by atoms with Crippen molar-refractivity contribution in [1.82, 2.24) is 0 Å². The molecule has 0 atom stereocenters. The molecule has 0 N–H and O–H groups in total. The number of hydrogen-bond acceptors (Lipinski definition) is 2. The predicted octanol–water partition coefficient (Wildman–Crippen LogP) is 3.23. The van der Waals surface area contributed by atoms with Gasteiger partial charge in [0.05, 0.1) is 17.5 Å². The monoisotopic (exact) mass is 154 g/mol. The molecule has 3 heteroatoms. The summed E-state index contributed by atoms with van der Waals surface area (Å²) in [6.45, 7) is 1.99. The quantitative estimate of drug-likeness (QED) is 0.555. The van der Waals surface area contributed by atoms with Crippen molar-refractivity contribution in [3.8, 4) is 0 Å². The van der Waals surface area contributed by atoms with Crippen molar-refractivity contribution in [2.24, 2.45) is 9.75 Å². The summed E-state index contributed by atoms with van der Waals surface area (Å²) in [5.74, 6) is 0. The van der Waals surface area contributed by atoms with Crippen molar-refractivity contribution >= 4 is 17.5 Å². The van der Waals surface area contributed by atoms with Crippen LogP contribution in [0.2, 0.25) is 0 Å². The Kier molecular flexibility index (Phi) is 2.40. The molecule has 2 nitrogen and oxygen atoms in total. The van der Waals surface area contributed by atoms with E-state index in [0.29, 0.717) is 0 Å². The van der Waals surface area contributed by atoms with E-state index in [1.165, 1.54) is 0 Å². The summed E-state index contributed by atoms with van der Waals surface area (Å²) in [5, 5.41) is 3.66. The Morgan fingerprint density at radius 3 is 2.80 bits per heavy atom. The predicted molar refractivity (Wildman–Crippen MR) is 41.5 cm³/mol. The smallest absolute Gasteiger partial charge is 0.0870 e. The van der Waals surface area contributed by atoms with E-state index in [-0.39, 0.29) is 0 Å². The maximum atomic E-state index is 5.05. The molecule has 1 aromatic carbocycles. The van der Waals surface area contributed by atoms with E-state index in [9.17, 15) is 0 Å². The Balaban J connectivity index is 2.95. The van der Waals surface area contributed by atoms with Crippen LogP contribution in [0.25, 0.3) is 0 Å². The molecule has 0 unspecified atom stereocenters. The van der Waals surface area contributed by atoms with Crippen LogP contribution in [0.4, 0.5) is 5.69 Å². The zero-order valence-corrected chi connectivity index (χ0v) is 6.34. The lowest BCUT2D eigenvalue weighted by Crippen LogP contribution is -1.67. The van der Waals surface area contributed by atoms with Gasteiger partial charge in [-0.05, 0) is 24.6 Å². The minimum absolute atomic E-state index is 0.787. The highest BCUT2D eigenvalue weighted by molar-refractivity contribution is 6.14. The van der Waals surface area contributed by atoms with Gasteiger partial charge in [-0.25, -0.2) is 0 Å². The third-order valence-corrected chi connectivity index (χ3v) is 1.23. The summed E-state index contributed by atoms with van der Waals surface area (Å²) in [4.78, 5) is 0. The Hall–Kier alpha value is -0.890. The highest BCUT2D eigenvalue weighted by atomic mass is 35.5. The van der Waals surface area contributed by atoms with Crippen LogP contribution in [-0.2, 0) is 0 Å². The fraction of sp³-hybridized carbons (Fsp3) is 0.143. The van der Waals surface area contributed by atoms with Crippen molar-refractivity contribution in [1.29, 1.82) is 0 Å². The van der Waals surface area contributed by atoms with Crippen LogP contribution in [0.1, 0.15) is 5.56 Å². The Morgan fingerprint density at radius 1 is 1.40 bits per heavy atom. The van der Waals surface area contributed by atoms with Crippen molar-refractivity contribution in [2.75, 3.05) is 0 Å². The first-order valence-corrected chi connectivity index (χ1v) is 3.25.